The minimum absolute atomic E-state index is 0.131. The first-order valence-electron chi connectivity index (χ1n) is 10.5. The summed E-state index contributed by atoms with van der Waals surface area (Å²) in [5.41, 5.74) is 1.36. The number of fused-ring (bicyclic) bond motifs is 2. The highest BCUT2D eigenvalue weighted by Crippen LogP contribution is 2.42. The average molecular weight is 555 g/mol. The number of aromatic amines is 1. The molecule has 4 heterocycles. The van der Waals surface area contributed by atoms with E-state index in [9.17, 15) is 8.42 Å². The van der Waals surface area contributed by atoms with Gasteiger partial charge >= 0.3 is 0 Å². The summed E-state index contributed by atoms with van der Waals surface area (Å²) >= 11 is 4.99. The third-order valence-corrected chi connectivity index (χ3v) is 8.99. The zero-order valence-corrected chi connectivity index (χ0v) is 21.1. The van der Waals surface area contributed by atoms with Crippen LogP contribution in [0, 0.1) is 11.3 Å². The van der Waals surface area contributed by atoms with Gasteiger partial charge in [0.2, 0.25) is 16.8 Å². The first-order chi connectivity index (χ1) is 15.8. The van der Waals surface area contributed by atoms with Gasteiger partial charge in [-0.2, -0.15) is 0 Å². The molecule has 1 fully saturated rings. The quantitative estimate of drug-likeness (QED) is 0.479. The summed E-state index contributed by atoms with van der Waals surface area (Å²) in [5.74, 6) is 1.66. The second-order valence-corrected chi connectivity index (χ2v) is 12.1. The second kappa shape index (κ2) is 8.93. The summed E-state index contributed by atoms with van der Waals surface area (Å²) in [6.45, 7) is 2.00. The molecular weight excluding hydrogens is 532 g/mol. The Kier molecular flexibility index (Phi) is 6.14. The van der Waals surface area contributed by atoms with E-state index in [1.165, 1.54) is 18.0 Å². The molecule has 33 heavy (non-hydrogen) atoms. The Balaban J connectivity index is 1.36. The number of benzene rings is 1. The Bertz CT molecular complexity index is 1370. The molecule has 1 saturated heterocycles. The molecule has 0 amide bonds. The molecule has 13 heteroatoms. The molecule has 2 aromatic heterocycles. The van der Waals surface area contributed by atoms with Crippen LogP contribution in [0.3, 0.4) is 0 Å². The van der Waals surface area contributed by atoms with E-state index in [1.54, 1.807) is 10.6 Å². The van der Waals surface area contributed by atoms with Crippen molar-refractivity contribution in [2.45, 2.75) is 35.9 Å². The van der Waals surface area contributed by atoms with Crippen LogP contribution in [0.25, 0.3) is 11.2 Å². The van der Waals surface area contributed by atoms with Crippen molar-refractivity contribution in [2.24, 2.45) is 5.92 Å². The van der Waals surface area contributed by atoms with Crippen LogP contribution >= 0.6 is 27.7 Å². The molecule has 1 unspecified atom stereocenters. The summed E-state index contributed by atoms with van der Waals surface area (Å²) in [4.78, 5) is 13.1. The average Bonchev–Trinajstić information content (AvgIpc) is 3.40. The largest absolute Gasteiger partial charge is 0.454 e. The number of H-pyrrole nitrogens is 1. The molecule has 5 rings (SSSR count). The van der Waals surface area contributed by atoms with Gasteiger partial charge in [-0.15, -0.1) is 0 Å². The van der Waals surface area contributed by atoms with Crippen LogP contribution in [-0.2, 0) is 16.6 Å². The summed E-state index contributed by atoms with van der Waals surface area (Å²) in [6.07, 6.45) is 5.59. The van der Waals surface area contributed by atoms with Gasteiger partial charge in [-0.05, 0) is 53.2 Å². The van der Waals surface area contributed by atoms with Gasteiger partial charge in [0.05, 0.1) is 12.6 Å². The predicted octanol–water partition coefficient (Wildman–Crippen LogP) is 2.94. The maximum atomic E-state index is 11.9. The van der Waals surface area contributed by atoms with Crippen LogP contribution in [0.2, 0.25) is 0 Å². The molecule has 0 bridgehead atoms. The van der Waals surface area contributed by atoms with Crippen LogP contribution in [0.4, 0.5) is 0 Å². The monoisotopic (exact) mass is 554 g/mol. The second-order valence-electron chi connectivity index (χ2n) is 8.18. The molecule has 0 radical (unpaired) electrons. The third-order valence-electron chi connectivity index (χ3n) is 5.86. The summed E-state index contributed by atoms with van der Waals surface area (Å²) in [7, 11) is -3.17. The van der Waals surface area contributed by atoms with Gasteiger partial charge in [0.25, 0.3) is 0 Å². The number of sulfonamides is 1. The smallest absolute Gasteiger partial charge is 0.231 e. The van der Waals surface area contributed by atoms with Crippen molar-refractivity contribution in [3.8, 4) is 11.5 Å². The molecule has 10 nitrogen and oxygen atoms in total. The number of hydrogen-bond acceptors (Lipinski definition) is 8. The highest BCUT2D eigenvalue weighted by Gasteiger charge is 2.26. The number of piperidine rings is 1. The molecular formula is C20H23BrN6O4S2. The van der Waals surface area contributed by atoms with E-state index < -0.39 is 10.0 Å². The van der Waals surface area contributed by atoms with E-state index in [-0.39, 0.29) is 18.2 Å². The minimum Gasteiger partial charge on any atom is -0.454 e. The van der Waals surface area contributed by atoms with Crippen molar-refractivity contribution in [1.82, 2.24) is 23.8 Å². The summed E-state index contributed by atoms with van der Waals surface area (Å²) in [5, 5.41) is 8.83. The fourth-order valence-corrected chi connectivity index (χ4v) is 6.46. The Hall–Kier alpha value is -2.09. The van der Waals surface area contributed by atoms with Crippen molar-refractivity contribution in [3.05, 3.63) is 28.4 Å². The lowest BCUT2D eigenvalue weighted by molar-refractivity contribution is 0.174. The number of aromatic nitrogens is 4. The van der Waals surface area contributed by atoms with Gasteiger partial charge in [0, 0.05) is 29.0 Å². The van der Waals surface area contributed by atoms with Crippen molar-refractivity contribution >= 4 is 48.9 Å². The van der Waals surface area contributed by atoms with Gasteiger partial charge in [-0.1, -0.05) is 11.8 Å². The van der Waals surface area contributed by atoms with E-state index in [0.717, 1.165) is 28.6 Å². The Labute approximate surface area is 203 Å². The van der Waals surface area contributed by atoms with Crippen molar-refractivity contribution in [3.63, 3.8) is 0 Å². The molecule has 0 saturated carbocycles. The number of nitrogens with zero attached hydrogens (tertiary/aromatic N) is 4. The van der Waals surface area contributed by atoms with Crippen LogP contribution in [-0.4, -0.2) is 58.4 Å². The predicted molar refractivity (Wildman–Crippen MR) is 126 cm³/mol. The van der Waals surface area contributed by atoms with Gasteiger partial charge in [0.15, 0.2) is 27.8 Å². The number of nitrogens with one attached hydrogen (secondary N) is 2. The zero-order valence-electron chi connectivity index (χ0n) is 17.9. The maximum absolute atomic E-state index is 11.9. The number of rotatable bonds is 6. The third kappa shape index (κ3) is 4.77. The number of ether oxygens (including phenoxy) is 2. The molecule has 0 aliphatic carbocycles. The number of imidazole rings is 1. The fourth-order valence-electron chi connectivity index (χ4n) is 4.14. The molecule has 1 atom stereocenters. The lowest BCUT2D eigenvalue weighted by Gasteiger charge is -2.31. The van der Waals surface area contributed by atoms with Gasteiger partial charge in [0.1, 0.15) is 5.52 Å². The lowest BCUT2D eigenvalue weighted by Crippen LogP contribution is -2.39. The van der Waals surface area contributed by atoms with Gasteiger partial charge in [-0.25, -0.2) is 22.7 Å². The molecule has 3 aromatic rings. The van der Waals surface area contributed by atoms with Crippen molar-refractivity contribution < 1.29 is 17.9 Å². The Morgan fingerprint density at radius 3 is 2.91 bits per heavy atom. The Morgan fingerprint density at radius 1 is 1.33 bits per heavy atom. The highest BCUT2D eigenvalue weighted by atomic mass is 79.9. The molecule has 176 valence electrons. The molecule has 2 aliphatic rings. The van der Waals surface area contributed by atoms with E-state index in [2.05, 4.69) is 25.9 Å². The topological polar surface area (TPSA) is 126 Å². The molecule has 2 N–H and O–H groups in total. The Morgan fingerprint density at radius 2 is 2.12 bits per heavy atom. The van der Waals surface area contributed by atoms with Gasteiger partial charge in [-0.3, -0.25) is 5.41 Å². The molecule has 1 aromatic carbocycles. The normalized spacial score (nSPS) is 18.8. The number of aryl methyl sites for hydroxylation is 1. The zero-order chi connectivity index (χ0) is 23.2. The standard InChI is InChI=1S/C20H23BrN6O4S2/c1-33(28,29)27-5-2-3-12(9-27)4-6-26-10-23-18(22)17-19(26)25-20(24-17)32-16-8-15-14(7-13(16)21)30-11-31-15/h7-8,10,12,22H,2-6,9,11H2,1H3,(H,24,25). The van der Waals surface area contributed by atoms with Crippen LogP contribution in [0.1, 0.15) is 19.3 Å². The lowest BCUT2D eigenvalue weighted by atomic mass is 9.96. The van der Waals surface area contributed by atoms with Gasteiger partial charge < -0.3 is 19.0 Å². The maximum Gasteiger partial charge on any atom is 0.231 e. The highest BCUT2D eigenvalue weighted by molar-refractivity contribution is 9.10. The number of hydrogen-bond donors (Lipinski definition) is 2. The summed E-state index contributed by atoms with van der Waals surface area (Å²) < 4.78 is 39.1. The SMILES string of the molecule is CS(=O)(=O)N1CCCC(CCn2cnc(=N)c3[nH]c(Sc4cc5c(cc4Br)OCO5)nc32)C1. The molecule has 0 spiro atoms. The van der Waals surface area contributed by atoms with E-state index >= 15 is 0 Å². The van der Waals surface area contributed by atoms with E-state index in [4.69, 9.17) is 19.9 Å². The van der Waals surface area contributed by atoms with Crippen molar-refractivity contribution in [1.29, 1.82) is 5.41 Å². The van der Waals surface area contributed by atoms with E-state index in [0.29, 0.717) is 47.5 Å². The summed E-state index contributed by atoms with van der Waals surface area (Å²) in [6, 6.07) is 3.77. The fraction of sp³-hybridized carbons (Fsp3) is 0.450. The van der Waals surface area contributed by atoms with Crippen LogP contribution in [0.15, 0.2) is 33.0 Å². The first-order valence-corrected chi connectivity index (χ1v) is 14.0. The number of halogens is 1. The van der Waals surface area contributed by atoms with E-state index in [1.807, 2.05) is 16.7 Å². The minimum atomic E-state index is -3.17. The van der Waals surface area contributed by atoms with Crippen molar-refractivity contribution in [2.75, 3.05) is 26.1 Å². The molecule has 2 aliphatic heterocycles. The van der Waals surface area contributed by atoms with Crippen LogP contribution in [0.5, 0.6) is 11.5 Å². The van der Waals surface area contributed by atoms with Crippen LogP contribution < -0.4 is 15.0 Å². The first kappa shape index (κ1) is 22.7.